The maximum absolute atomic E-state index is 6.69. The predicted molar refractivity (Wildman–Crippen MR) is 126 cm³/mol. The summed E-state index contributed by atoms with van der Waals surface area (Å²) in [6.45, 7) is 0. The number of para-hydroxylation sites is 3. The standard InChI is InChI=1S/C24H13ClINO/c25-17-13-16-14-7-1-4-10-19(14)27(20-11-5-3-9-18(20)26)23(16)22-15-8-2-6-12-21(15)28-24(17)22/h1-13H. The molecule has 4 aromatic carbocycles. The summed E-state index contributed by atoms with van der Waals surface area (Å²) in [4.78, 5) is 0. The van der Waals surface area contributed by atoms with Gasteiger partial charge in [-0.05, 0) is 52.9 Å². The molecule has 0 N–H and O–H groups in total. The molecule has 0 saturated carbocycles. The zero-order chi connectivity index (χ0) is 18.8. The Hall–Kier alpha value is -2.50. The first-order valence-electron chi connectivity index (χ1n) is 9.02. The Kier molecular flexibility index (Phi) is 3.52. The molecule has 0 fully saturated rings. The largest absolute Gasteiger partial charge is 0.454 e. The van der Waals surface area contributed by atoms with Gasteiger partial charge in [-0.25, -0.2) is 0 Å². The summed E-state index contributed by atoms with van der Waals surface area (Å²) < 4.78 is 9.69. The van der Waals surface area contributed by atoms with Gasteiger partial charge in [0, 0.05) is 19.7 Å². The van der Waals surface area contributed by atoms with E-state index >= 15 is 0 Å². The van der Waals surface area contributed by atoms with Crippen molar-refractivity contribution < 1.29 is 4.42 Å². The van der Waals surface area contributed by atoms with E-state index in [0.29, 0.717) is 5.02 Å². The summed E-state index contributed by atoms with van der Waals surface area (Å²) in [5, 5.41) is 5.11. The average Bonchev–Trinajstić information content (AvgIpc) is 3.25. The van der Waals surface area contributed by atoms with Crippen molar-refractivity contribution in [1.29, 1.82) is 0 Å². The molecule has 134 valence electrons. The van der Waals surface area contributed by atoms with Crippen LogP contribution in [-0.4, -0.2) is 4.57 Å². The summed E-state index contributed by atoms with van der Waals surface area (Å²) in [6, 6.07) is 27.1. The van der Waals surface area contributed by atoms with Crippen molar-refractivity contribution in [2.75, 3.05) is 0 Å². The molecule has 2 heterocycles. The number of furan rings is 1. The van der Waals surface area contributed by atoms with Crippen molar-refractivity contribution in [2.45, 2.75) is 0 Å². The van der Waals surface area contributed by atoms with E-state index in [4.69, 9.17) is 16.0 Å². The lowest BCUT2D eigenvalue weighted by molar-refractivity contribution is 0.669. The second kappa shape index (κ2) is 6.00. The number of rotatable bonds is 1. The molecule has 0 bridgehead atoms. The van der Waals surface area contributed by atoms with Crippen LogP contribution in [0.4, 0.5) is 0 Å². The van der Waals surface area contributed by atoms with E-state index in [9.17, 15) is 0 Å². The van der Waals surface area contributed by atoms with E-state index in [1.807, 2.05) is 24.3 Å². The van der Waals surface area contributed by atoms with Gasteiger partial charge in [0.1, 0.15) is 5.58 Å². The third-order valence-electron chi connectivity index (χ3n) is 5.33. The van der Waals surface area contributed by atoms with E-state index in [1.165, 1.54) is 8.96 Å². The van der Waals surface area contributed by atoms with Gasteiger partial charge < -0.3 is 8.98 Å². The Bertz CT molecular complexity index is 1540. The molecule has 0 radical (unpaired) electrons. The number of fused-ring (bicyclic) bond motifs is 7. The van der Waals surface area contributed by atoms with Crippen molar-refractivity contribution in [2.24, 2.45) is 0 Å². The van der Waals surface area contributed by atoms with E-state index in [2.05, 4.69) is 81.8 Å². The van der Waals surface area contributed by atoms with Gasteiger partial charge in [-0.1, -0.05) is 60.1 Å². The molecule has 6 rings (SSSR count). The highest BCUT2D eigenvalue weighted by Crippen LogP contribution is 2.43. The van der Waals surface area contributed by atoms with Crippen molar-refractivity contribution in [1.82, 2.24) is 4.57 Å². The van der Waals surface area contributed by atoms with Crippen LogP contribution in [0.2, 0.25) is 5.02 Å². The second-order valence-electron chi connectivity index (χ2n) is 6.86. The monoisotopic (exact) mass is 493 g/mol. The van der Waals surface area contributed by atoms with Gasteiger partial charge in [0.2, 0.25) is 0 Å². The summed E-state index contributed by atoms with van der Waals surface area (Å²) in [5.41, 5.74) is 5.05. The van der Waals surface area contributed by atoms with Crippen LogP contribution in [0.25, 0.3) is 49.4 Å². The minimum absolute atomic E-state index is 0.643. The van der Waals surface area contributed by atoms with Crippen LogP contribution in [0, 0.1) is 3.57 Å². The molecule has 0 saturated heterocycles. The fraction of sp³-hybridized carbons (Fsp3) is 0. The van der Waals surface area contributed by atoms with E-state index < -0.39 is 0 Å². The minimum Gasteiger partial charge on any atom is -0.454 e. The number of benzene rings is 4. The normalized spacial score (nSPS) is 11.9. The van der Waals surface area contributed by atoms with Crippen molar-refractivity contribution >= 4 is 77.9 Å². The number of nitrogens with zero attached hydrogens (tertiary/aromatic N) is 1. The molecule has 0 atom stereocenters. The molecule has 2 aromatic heterocycles. The lowest BCUT2D eigenvalue weighted by Crippen LogP contribution is -1.96. The van der Waals surface area contributed by atoms with Gasteiger partial charge in [0.05, 0.1) is 27.1 Å². The lowest BCUT2D eigenvalue weighted by Gasteiger charge is -2.11. The van der Waals surface area contributed by atoms with Crippen LogP contribution in [0.15, 0.2) is 83.3 Å². The van der Waals surface area contributed by atoms with Gasteiger partial charge in [-0.3, -0.25) is 0 Å². The fourth-order valence-corrected chi connectivity index (χ4v) is 5.05. The summed E-state index contributed by atoms with van der Waals surface area (Å²) in [7, 11) is 0. The molecule has 0 amide bonds. The van der Waals surface area contributed by atoms with Gasteiger partial charge >= 0.3 is 0 Å². The smallest absolute Gasteiger partial charge is 0.156 e. The van der Waals surface area contributed by atoms with Crippen LogP contribution < -0.4 is 0 Å². The van der Waals surface area contributed by atoms with Crippen LogP contribution >= 0.6 is 34.2 Å². The zero-order valence-electron chi connectivity index (χ0n) is 14.6. The highest BCUT2D eigenvalue weighted by atomic mass is 127. The quantitative estimate of drug-likeness (QED) is 0.213. The fourth-order valence-electron chi connectivity index (χ4n) is 4.18. The topological polar surface area (TPSA) is 18.1 Å². The molecule has 6 aromatic rings. The van der Waals surface area contributed by atoms with Crippen molar-refractivity contribution in [3.63, 3.8) is 0 Å². The first-order chi connectivity index (χ1) is 13.7. The SMILES string of the molecule is Clc1cc2c3ccccc3n(-c3ccccc3I)c2c2c1oc1ccccc12. The first-order valence-corrected chi connectivity index (χ1v) is 10.5. The highest BCUT2D eigenvalue weighted by molar-refractivity contribution is 14.1. The van der Waals surface area contributed by atoms with Gasteiger partial charge in [0.25, 0.3) is 0 Å². The molecule has 2 nitrogen and oxygen atoms in total. The number of hydrogen-bond donors (Lipinski definition) is 0. The summed E-state index contributed by atoms with van der Waals surface area (Å²) in [5.74, 6) is 0. The van der Waals surface area contributed by atoms with E-state index in [0.717, 1.165) is 44.0 Å². The van der Waals surface area contributed by atoms with Gasteiger partial charge in [-0.2, -0.15) is 0 Å². The zero-order valence-corrected chi connectivity index (χ0v) is 17.5. The minimum atomic E-state index is 0.643. The third kappa shape index (κ3) is 2.14. The Morgan fingerprint density at radius 3 is 2.36 bits per heavy atom. The Morgan fingerprint density at radius 2 is 1.50 bits per heavy atom. The first kappa shape index (κ1) is 16.5. The molecule has 0 aliphatic carbocycles. The molecular formula is C24H13ClINO. The molecule has 0 aliphatic rings. The molecular weight excluding hydrogens is 481 g/mol. The summed E-state index contributed by atoms with van der Waals surface area (Å²) in [6.07, 6.45) is 0. The number of hydrogen-bond acceptors (Lipinski definition) is 1. The molecule has 0 unspecified atom stereocenters. The van der Waals surface area contributed by atoms with Gasteiger partial charge in [-0.15, -0.1) is 0 Å². The molecule has 0 aliphatic heterocycles. The van der Waals surface area contributed by atoms with E-state index in [1.54, 1.807) is 0 Å². The predicted octanol–water partition coefficient (Wildman–Crippen LogP) is 7.94. The van der Waals surface area contributed by atoms with Crippen LogP contribution in [0.3, 0.4) is 0 Å². The molecule has 28 heavy (non-hydrogen) atoms. The van der Waals surface area contributed by atoms with Crippen molar-refractivity contribution in [3.05, 3.63) is 87.5 Å². The Balaban J connectivity index is 1.98. The van der Waals surface area contributed by atoms with Crippen LogP contribution in [-0.2, 0) is 0 Å². The second-order valence-corrected chi connectivity index (χ2v) is 8.43. The Morgan fingerprint density at radius 1 is 0.786 bits per heavy atom. The highest BCUT2D eigenvalue weighted by Gasteiger charge is 2.21. The van der Waals surface area contributed by atoms with Crippen LogP contribution in [0.1, 0.15) is 0 Å². The molecule has 4 heteroatoms. The third-order valence-corrected chi connectivity index (χ3v) is 6.52. The van der Waals surface area contributed by atoms with Gasteiger partial charge in [0.15, 0.2) is 5.58 Å². The maximum Gasteiger partial charge on any atom is 0.156 e. The number of halogens is 2. The van der Waals surface area contributed by atoms with E-state index in [-0.39, 0.29) is 0 Å². The Labute approximate surface area is 179 Å². The van der Waals surface area contributed by atoms with Crippen LogP contribution in [0.5, 0.6) is 0 Å². The lowest BCUT2D eigenvalue weighted by atomic mass is 10.1. The van der Waals surface area contributed by atoms with Crippen molar-refractivity contribution in [3.8, 4) is 5.69 Å². The number of aromatic nitrogens is 1. The molecule has 0 spiro atoms. The maximum atomic E-state index is 6.69. The average molecular weight is 494 g/mol. The summed E-state index contributed by atoms with van der Waals surface area (Å²) >= 11 is 9.09.